The van der Waals surface area contributed by atoms with Crippen LogP contribution in [0.15, 0.2) is 36.4 Å². The zero-order valence-electron chi connectivity index (χ0n) is 27.2. The molecule has 2 aromatic rings. The van der Waals surface area contributed by atoms with E-state index in [0.717, 1.165) is 11.1 Å². The minimum atomic E-state index is -1.73. The standard InChI is InChI=1S/C33H44O16/c1-42-19-6-4-15(10-21(19)43-2)8-17-13-45-31(41)18(17)9-16-5-7-20(22(11-16)44-3)47-33-30(40)28(38)26(36)24(49-33)14-46-32-29(39)27(37)25(35)23(12-34)48-32/h4-7,10-11,17-18,23-30,32-40H,8-9,12-14H2,1-3H3/t17-,18+,23+,24+,25+,26+,27-,28-,29+,30+,32+,33+/m1/s1. The van der Waals surface area contributed by atoms with Crippen LogP contribution in [-0.4, -0.2) is 144 Å². The number of hydrogen-bond acceptors (Lipinski definition) is 16. The number of ether oxygens (including phenoxy) is 8. The summed E-state index contributed by atoms with van der Waals surface area (Å²) in [6, 6.07) is 10.6. The molecular formula is C33H44O16. The number of carbonyl (C=O) groups is 1. The van der Waals surface area contributed by atoms with Crippen LogP contribution in [0.5, 0.6) is 23.0 Å². The molecule has 3 heterocycles. The molecule has 3 fully saturated rings. The second kappa shape index (κ2) is 16.2. The van der Waals surface area contributed by atoms with Gasteiger partial charge in [-0.15, -0.1) is 0 Å². The van der Waals surface area contributed by atoms with Crippen molar-refractivity contribution in [2.75, 3.05) is 41.2 Å². The van der Waals surface area contributed by atoms with E-state index in [0.29, 0.717) is 24.3 Å². The van der Waals surface area contributed by atoms with Crippen LogP contribution in [0.2, 0.25) is 0 Å². The van der Waals surface area contributed by atoms with E-state index in [-0.39, 0.29) is 30.0 Å². The van der Waals surface area contributed by atoms with Gasteiger partial charge in [0.15, 0.2) is 29.3 Å². The summed E-state index contributed by atoms with van der Waals surface area (Å²) in [5.74, 6) is 0.707. The first-order valence-electron chi connectivity index (χ1n) is 15.8. The Balaban J connectivity index is 1.24. The van der Waals surface area contributed by atoms with Gasteiger partial charge in [0.1, 0.15) is 48.8 Å². The van der Waals surface area contributed by atoms with Crippen LogP contribution < -0.4 is 18.9 Å². The van der Waals surface area contributed by atoms with Crippen molar-refractivity contribution in [1.82, 2.24) is 0 Å². The zero-order valence-corrected chi connectivity index (χ0v) is 27.2. The Morgan fingerprint density at radius 3 is 1.86 bits per heavy atom. The molecule has 3 saturated heterocycles. The van der Waals surface area contributed by atoms with Gasteiger partial charge in [0.25, 0.3) is 0 Å². The molecule has 0 aromatic heterocycles. The summed E-state index contributed by atoms with van der Waals surface area (Å²) >= 11 is 0. The average molecular weight is 697 g/mol. The smallest absolute Gasteiger partial charge is 0.309 e. The number of cyclic esters (lactones) is 1. The lowest BCUT2D eigenvalue weighted by atomic mass is 9.85. The van der Waals surface area contributed by atoms with Crippen LogP contribution in [-0.2, 0) is 36.6 Å². The first kappa shape index (κ1) is 37.0. The molecule has 0 unspecified atom stereocenters. The second-order valence-corrected chi connectivity index (χ2v) is 12.2. The van der Waals surface area contributed by atoms with Crippen LogP contribution in [0.3, 0.4) is 0 Å². The summed E-state index contributed by atoms with van der Waals surface area (Å²) in [5.41, 5.74) is 1.71. The number of methoxy groups -OCH3 is 3. The topological polar surface area (TPSA) is 233 Å². The third-order valence-corrected chi connectivity index (χ3v) is 9.13. The Labute approximate surface area is 282 Å². The van der Waals surface area contributed by atoms with Crippen LogP contribution in [0.4, 0.5) is 0 Å². The molecule has 16 heteroatoms. The molecule has 0 bridgehead atoms. The van der Waals surface area contributed by atoms with Crippen molar-refractivity contribution >= 4 is 5.97 Å². The largest absolute Gasteiger partial charge is 0.493 e. The summed E-state index contributed by atoms with van der Waals surface area (Å²) in [6.07, 6.45) is -14.7. The molecule has 49 heavy (non-hydrogen) atoms. The molecule has 0 spiro atoms. The Bertz CT molecular complexity index is 1400. The van der Waals surface area contributed by atoms with E-state index in [2.05, 4.69) is 0 Å². The van der Waals surface area contributed by atoms with Gasteiger partial charge in [-0.3, -0.25) is 4.79 Å². The Morgan fingerprint density at radius 2 is 1.22 bits per heavy atom. The van der Waals surface area contributed by atoms with Crippen LogP contribution in [0.25, 0.3) is 0 Å². The number of benzene rings is 2. The van der Waals surface area contributed by atoms with Crippen molar-refractivity contribution < 1.29 is 78.4 Å². The van der Waals surface area contributed by atoms with E-state index < -0.39 is 80.5 Å². The van der Waals surface area contributed by atoms with Crippen molar-refractivity contribution in [2.45, 2.75) is 74.3 Å². The van der Waals surface area contributed by atoms with E-state index in [1.165, 1.54) is 7.11 Å². The van der Waals surface area contributed by atoms with Gasteiger partial charge >= 0.3 is 5.97 Å². The summed E-state index contributed by atoms with van der Waals surface area (Å²) in [7, 11) is 4.52. The van der Waals surface area contributed by atoms with Crippen molar-refractivity contribution in [1.29, 1.82) is 0 Å². The van der Waals surface area contributed by atoms with E-state index in [1.54, 1.807) is 32.4 Å². The van der Waals surface area contributed by atoms with Crippen LogP contribution >= 0.6 is 0 Å². The first-order chi connectivity index (χ1) is 23.5. The first-order valence-corrected chi connectivity index (χ1v) is 15.8. The summed E-state index contributed by atoms with van der Waals surface area (Å²) < 4.78 is 44.1. The number of carbonyl (C=O) groups excluding carboxylic acids is 1. The van der Waals surface area contributed by atoms with Gasteiger partial charge in [-0.05, 0) is 48.2 Å². The molecule has 0 aliphatic carbocycles. The molecule has 3 aliphatic rings. The van der Waals surface area contributed by atoms with Gasteiger partial charge < -0.3 is 73.6 Å². The highest BCUT2D eigenvalue weighted by atomic mass is 16.7. The molecule has 3 aliphatic heterocycles. The number of hydrogen-bond donors (Lipinski definition) is 7. The van der Waals surface area contributed by atoms with Crippen molar-refractivity contribution in [3.63, 3.8) is 0 Å². The predicted octanol–water partition coefficient (Wildman–Crippen LogP) is -1.71. The fourth-order valence-electron chi connectivity index (χ4n) is 6.23. The van der Waals surface area contributed by atoms with Gasteiger partial charge in [0.2, 0.25) is 6.29 Å². The van der Waals surface area contributed by atoms with Crippen LogP contribution in [0, 0.1) is 11.8 Å². The van der Waals surface area contributed by atoms with Crippen molar-refractivity contribution in [3.8, 4) is 23.0 Å². The fraction of sp³-hybridized carbons (Fsp3) is 0.606. The highest BCUT2D eigenvalue weighted by Crippen LogP contribution is 2.36. The molecule has 272 valence electrons. The summed E-state index contributed by atoms with van der Waals surface area (Å²) in [6.45, 7) is -0.909. The number of aliphatic hydroxyl groups is 7. The zero-order chi connectivity index (χ0) is 35.4. The maximum atomic E-state index is 12.8. The van der Waals surface area contributed by atoms with Gasteiger partial charge in [0, 0.05) is 5.92 Å². The maximum absolute atomic E-state index is 12.8. The number of esters is 1. The molecular weight excluding hydrogens is 652 g/mol. The van der Waals surface area contributed by atoms with Crippen molar-refractivity contribution in [2.24, 2.45) is 11.8 Å². The molecule has 0 radical (unpaired) electrons. The molecule has 5 rings (SSSR count). The molecule has 16 nitrogen and oxygen atoms in total. The predicted molar refractivity (Wildman–Crippen MR) is 165 cm³/mol. The van der Waals surface area contributed by atoms with E-state index in [1.807, 2.05) is 18.2 Å². The lowest BCUT2D eigenvalue weighted by Crippen LogP contribution is -2.62. The Hall–Kier alpha value is -3.29. The average Bonchev–Trinajstić information content (AvgIpc) is 3.45. The minimum Gasteiger partial charge on any atom is -0.493 e. The van der Waals surface area contributed by atoms with E-state index >= 15 is 0 Å². The highest BCUT2D eigenvalue weighted by molar-refractivity contribution is 5.75. The lowest BCUT2D eigenvalue weighted by molar-refractivity contribution is -0.323. The quantitative estimate of drug-likeness (QED) is 0.116. The molecule has 7 N–H and O–H groups in total. The molecule has 2 aromatic carbocycles. The number of aliphatic hydroxyl groups excluding tert-OH is 7. The summed E-state index contributed by atoms with van der Waals surface area (Å²) in [5, 5.41) is 71.4. The van der Waals surface area contributed by atoms with Crippen molar-refractivity contribution in [3.05, 3.63) is 47.5 Å². The monoisotopic (exact) mass is 696 g/mol. The SMILES string of the molecule is COc1ccc(C[C@@H]2COC(=O)[C@H]2Cc2ccc(O[C@H]3O[C@@H](CO[C@H]4O[C@@H](CO)[C@H](O)[C@@H](O)[C@@H]4O)[C@H](O)[C@@H](O)[C@@H]3O)c(OC)c2)cc1OC. The normalized spacial score (nSPS) is 34.7. The van der Waals surface area contributed by atoms with Gasteiger partial charge in [-0.2, -0.15) is 0 Å². The third-order valence-electron chi connectivity index (χ3n) is 9.13. The maximum Gasteiger partial charge on any atom is 0.309 e. The minimum absolute atomic E-state index is 0.103. The van der Waals surface area contributed by atoms with E-state index in [9.17, 15) is 40.5 Å². The Morgan fingerprint density at radius 1 is 0.673 bits per heavy atom. The van der Waals surface area contributed by atoms with Crippen LogP contribution in [0.1, 0.15) is 11.1 Å². The molecule has 0 saturated carbocycles. The van der Waals surface area contributed by atoms with E-state index in [4.69, 9.17) is 37.9 Å². The van der Waals surface area contributed by atoms with Gasteiger partial charge in [-0.1, -0.05) is 12.1 Å². The third kappa shape index (κ3) is 8.04. The number of rotatable bonds is 13. The fourth-order valence-corrected chi connectivity index (χ4v) is 6.23. The lowest BCUT2D eigenvalue weighted by Gasteiger charge is -2.42. The van der Waals surface area contributed by atoms with Gasteiger partial charge in [0.05, 0.1) is 47.1 Å². The second-order valence-electron chi connectivity index (χ2n) is 12.2. The molecule has 12 atom stereocenters. The Kier molecular flexibility index (Phi) is 12.2. The molecule has 0 amide bonds. The summed E-state index contributed by atoms with van der Waals surface area (Å²) in [4.78, 5) is 12.8. The highest BCUT2D eigenvalue weighted by Gasteiger charge is 2.48. The van der Waals surface area contributed by atoms with Gasteiger partial charge in [-0.25, -0.2) is 0 Å².